The molecule has 0 aromatic heterocycles. The molecular weight excluding hydrogens is 544 g/mol. The summed E-state index contributed by atoms with van der Waals surface area (Å²) in [6.45, 7) is 18.2. The molecule has 2 aliphatic rings. The highest BCUT2D eigenvalue weighted by molar-refractivity contribution is 6.03. The van der Waals surface area contributed by atoms with Crippen molar-refractivity contribution in [2.24, 2.45) is 0 Å². The molecule has 0 bridgehead atoms. The van der Waals surface area contributed by atoms with Gasteiger partial charge in [-0.05, 0) is 86.4 Å². The smallest absolute Gasteiger partial charge is 0.146 e. The fourth-order valence-electron chi connectivity index (χ4n) is 8.66. The van der Waals surface area contributed by atoms with Gasteiger partial charge in [0.25, 0.3) is 0 Å². The average Bonchev–Trinajstić information content (AvgIpc) is 3.54. The lowest BCUT2D eigenvalue weighted by Gasteiger charge is -2.34. The summed E-state index contributed by atoms with van der Waals surface area (Å²) in [5.41, 5.74) is 10.4. The summed E-state index contributed by atoms with van der Waals surface area (Å²) in [5.74, 6) is 0.438. The molecule has 0 radical (unpaired) electrons. The van der Waals surface area contributed by atoms with Crippen LogP contribution in [0.2, 0.25) is 0 Å². The maximum absolute atomic E-state index is 2.41. The predicted octanol–water partition coefficient (Wildman–Crippen LogP) is 11.6. The van der Waals surface area contributed by atoms with E-state index in [-0.39, 0.29) is 0 Å². The minimum absolute atomic E-state index is 0.438. The van der Waals surface area contributed by atoms with Crippen LogP contribution in [0.5, 0.6) is 0 Å². The second kappa shape index (κ2) is 12.8. The fraction of sp³-hybridized carbons (Fsp3) is 0.302. The number of hydrogen-bond donors (Lipinski definition) is 0. The highest BCUT2D eigenvalue weighted by atomic mass is 15.4. The van der Waals surface area contributed by atoms with Gasteiger partial charge in [0.1, 0.15) is 22.8 Å². The SMILES string of the molecule is CCC1=C(C=CC=CC=CC=C2C(CC)c3c(ccc4ccccc34)[N+]2(CC)CC)[N+](CC)(CC)c2ccc3ccccc3c21. The Hall–Kier alpha value is -3.98. The number of hydrogen-bond acceptors (Lipinski definition) is 0. The van der Waals surface area contributed by atoms with E-state index in [1.807, 2.05) is 0 Å². The highest BCUT2D eigenvalue weighted by Gasteiger charge is 2.47. The number of quaternary nitrogens is 2. The van der Waals surface area contributed by atoms with Crippen LogP contribution in [-0.2, 0) is 0 Å². The molecule has 1 atom stereocenters. The molecule has 4 aromatic rings. The van der Waals surface area contributed by atoms with Crippen molar-refractivity contribution in [2.75, 3.05) is 26.2 Å². The Morgan fingerprint density at radius 2 is 1.16 bits per heavy atom. The maximum atomic E-state index is 2.41. The average molecular weight is 595 g/mol. The normalized spacial score (nSPS) is 19.7. The van der Waals surface area contributed by atoms with Crippen LogP contribution in [0.15, 0.2) is 127 Å². The minimum Gasteiger partial charge on any atom is -0.262 e. The second-order valence-electron chi connectivity index (χ2n) is 12.5. The first-order chi connectivity index (χ1) is 22.0. The van der Waals surface area contributed by atoms with E-state index >= 15 is 0 Å². The third kappa shape index (κ3) is 4.78. The van der Waals surface area contributed by atoms with Crippen LogP contribution in [0.4, 0.5) is 11.4 Å². The number of benzene rings is 4. The van der Waals surface area contributed by atoms with Crippen molar-refractivity contribution >= 4 is 38.5 Å². The lowest BCUT2D eigenvalue weighted by atomic mass is 9.91. The van der Waals surface area contributed by atoms with Crippen LogP contribution in [0, 0.1) is 0 Å². The first kappa shape index (κ1) is 31.0. The monoisotopic (exact) mass is 594 g/mol. The van der Waals surface area contributed by atoms with E-state index in [4.69, 9.17) is 0 Å². The third-order valence-corrected chi connectivity index (χ3v) is 10.9. The molecule has 1 unspecified atom stereocenters. The van der Waals surface area contributed by atoms with Gasteiger partial charge in [-0.15, -0.1) is 0 Å². The summed E-state index contributed by atoms with van der Waals surface area (Å²) >= 11 is 0. The summed E-state index contributed by atoms with van der Waals surface area (Å²) in [4.78, 5) is 0. The van der Waals surface area contributed by atoms with E-state index in [1.165, 1.54) is 61.0 Å². The molecule has 2 heterocycles. The third-order valence-electron chi connectivity index (χ3n) is 10.9. The van der Waals surface area contributed by atoms with E-state index < -0.39 is 0 Å². The van der Waals surface area contributed by atoms with Crippen LogP contribution in [0.25, 0.3) is 27.1 Å². The van der Waals surface area contributed by atoms with E-state index in [9.17, 15) is 0 Å². The maximum Gasteiger partial charge on any atom is 0.146 e. The Kier molecular flexibility index (Phi) is 8.82. The Labute approximate surface area is 271 Å². The van der Waals surface area contributed by atoms with Crippen molar-refractivity contribution in [3.05, 3.63) is 138 Å². The molecule has 2 nitrogen and oxygen atoms in total. The van der Waals surface area contributed by atoms with Crippen molar-refractivity contribution < 1.29 is 0 Å². The van der Waals surface area contributed by atoms with Gasteiger partial charge in [0.2, 0.25) is 0 Å². The molecule has 2 heteroatoms. The lowest BCUT2D eigenvalue weighted by molar-refractivity contribution is 0.372. The largest absolute Gasteiger partial charge is 0.262 e. The Morgan fingerprint density at radius 3 is 1.80 bits per heavy atom. The number of likely N-dealkylation sites (N-methyl/N-ethyl adjacent to an activating group) is 2. The quantitative estimate of drug-likeness (QED) is 0.127. The van der Waals surface area contributed by atoms with Crippen molar-refractivity contribution in [3.63, 3.8) is 0 Å². The molecule has 0 aliphatic carbocycles. The molecule has 4 aromatic carbocycles. The first-order valence-electron chi connectivity index (χ1n) is 17.3. The summed E-state index contributed by atoms with van der Waals surface area (Å²) in [5, 5.41) is 5.47. The van der Waals surface area contributed by atoms with E-state index in [0.717, 1.165) is 48.0 Å². The minimum atomic E-state index is 0.438. The molecule has 0 saturated carbocycles. The second-order valence-corrected chi connectivity index (χ2v) is 12.5. The van der Waals surface area contributed by atoms with Crippen molar-refractivity contribution in [3.8, 4) is 0 Å². The van der Waals surface area contributed by atoms with Crippen LogP contribution < -0.4 is 8.97 Å². The molecule has 0 saturated heterocycles. The Morgan fingerprint density at radius 1 is 0.578 bits per heavy atom. The van der Waals surface area contributed by atoms with Crippen LogP contribution in [0.3, 0.4) is 0 Å². The molecule has 2 aliphatic heterocycles. The molecule has 0 fully saturated rings. The topological polar surface area (TPSA) is 0 Å². The molecule has 230 valence electrons. The summed E-state index contributed by atoms with van der Waals surface area (Å²) in [6, 6.07) is 27.2. The van der Waals surface area contributed by atoms with Gasteiger partial charge < -0.3 is 0 Å². The van der Waals surface area contributed by atoms with Gasteiger partial charge in [-0.2, -0.15) is 0 Å². The number of allylic oxidation sites excluding steroid dienone is 9. The van der Waals surface area contributed by atoms with Crippen LogP contribution >= 0.6 is 0 Å². The van der Waals surface area contributed by atoms with Gasteiger partial charge in [0.15, 0.2) is 0 Å². The van der Waals surface area contributed by atoms with E-state index in [1.54, 1.807) is 0 Å². The lowest BCUT2D eigenvalue weighted by Crippen LogP contribution is -2.46. The zero-order valence-corrected chi connectivity index (χ0v) is 28.2. The number of nitrogens with zero attached hydrogens (tertiary/aromatic N) is 2. The summed E-state index contributed by atoms with van der Waals surface area (Å²) < 4.78 is 1.86. The molecule has 0 spiro atoms. The fourth-order valence-corrected chi connectivity index (χ4v) is 8.66. The molecule has 45 heavy (non-hydrogen) atoms. The molecule has 0 amide bonds. The van der Waals surface area contributed by atoms with Gasteiger partial charge in [-0.3, -0.25) is 8.97 Å². The van der Waals surface area contributed by atoms with Crippen molar-refractivity contribution in [2.45, 2.75) is 60.3 Å². The standard InChI is InChI=1S/C43H50N2/c1-7-34-38(44(9-3,10-4)40-30-28-32-22-18-20-24-36(32)42(34)40)26-16-14-13-15-17-27-39-35(8-2)43-37-25-21-19-23-33(37)29-31-41(43)45(39,11-5)12-6/h13-31,34H,7-12H2,1-6H3/q+2. The number of rotatable bonds is 10. The molecule has 0 N–H and O–H groups in total. The Balaban J connectivity index is 1.31. The van der Waals surface area contributed by atoms with Crippen LogP contribution in [0.1, 0.15) is 71.4 Å². The molecule has 6 rings (SSSR count). The van der Waals surface area contributed by atoms with Gasteiger partial charge in [-0.25, -0.2) is 0 Å². The summed E-state index contributed by atoms with van der Waals surface area (Å²) in [7, 11) is 0. The van der Waals surface area contributed by atoms with Crippen molar-refractivity contribution in [1.29, 1.82) is 0 Å². The first-order valence-corrected chi connectivity index (χ1v) is 17.3. The summed E-state index contributed by atoms with van der Waals surface area (Å²) in [6.07, 6.45) is 18.0. The number of fused-ring (bicyclic) bond motifs is 6. The zero-order valence-electron chi connectivity index (χ0n) is 28.2. The Bertz CT molecular complexity index is 1870. The van der Waals surface area contributed by atoms with Gasteiger partial charge >= 0.3 is 0 Å². The van der Waals surface area contributed by atoms with Crippen LogP contribution in [-0.4, -0.2) is 26.2 Å². The molecular formula is C43H50N2+2. The van der Waals surface area contributed by atoms with Gasteiger partial charge in [0.05, 0.1) is 37.7 Å². The van der Waals surface area contributed by atoms with Gasteiger partial charge in [-0.1, -0.05) is 92.8 Å². The van der Waals surface area contributed by atoms with Gasteiger partial charge in [0, 0.05) is 23.3 Å². The predicted molar refractivity (Wildman–Crippen MR) is 199 cm³/mol. The highest BCUT2D eigenvalue weighted by Crippen LogP contribution is 2.53. The van der Waals surface area contributed by atoms with E-state index in [0.29, 0.717) is 5.92 Å². The zero-order chi connectivity index (χ0) is 31.6. The van der Waals surface area contributed by atoms with Crippen molar-refractivity contribution in [1.82, 2.24) is 8.97 Å². The van der Waals surface area contributed by atoms with E-state index in [2.05, 4.69) is 157 Å².